The molecule has 3 N–H and O–H groups in total. The molecule has 6 heteroatoms. The SMILES string of the molecule is NCCCCNC(=O)CN1CCN(c2ccccn2)CC1. The number of piperazine rings is 1. The van der Waals surface area contributed by atoms with Gasteiger partial charge in [0, 0.05) is 38.9 Å². The number of unbranched alkanes of at least 4 members (excludes halogenated alkanes) is 1. The van der Waals surface area contributed by atoms with Crippen LogP contribution in [0.15, 0.2) is 24.4 Å². The number of anilines is 1. The summed E-state index contributed by atoms with van der Waals surface area (Å²) in [6.07, 6.45) is 3.73. The third-order valence-electron chi connectivity index (χ3n) is 3.67. The highest BCUT2D eigenvalue weighted by Crippen LogP contribution is 2.12. The lowest BCUT2D eigenvalue weighted by atomic mass is 10.3. The van der Waals surface area contributed by atoms with Crippen LogP contribution in [-0.4, -0.2) is 61.6 Å². The molecule has 0 radical (unpaired) electrons. The minimum absolute atomic E-state index is 0.110. The average molecular weight is 291 g/mol. The number of nitrogens with zero attached hydrogens (tertiary/aromatic N) is 3. The zero-order valence-electron chi connectivity index (χ0n) is 12.5. The maximum Gasteiger partial charge on any atom is 0.234 e. The molecule has 6 nitrogen and oxygen atoms in total. The molecule has 0 spiro atoms. The second-order valence-electron chi connectivity index (χ2n) is 5.30. The van der Waals surface area contributed by atoms with E-state index in [-0.39, 0.29) is 5.91 Å². The molecule has 1 amide bonds. The summed E-state index contributed by atoms with van der Waals surface area (Å²) < 4.78 is 0. The van der Waals surface area contributed by atoms with Crippen molar-refractivity contribution in [3.63, 3.8) is 0 Å². The topological polar surface area (TPSA) is 74.5 Å². The lowest BCUT2D eigenvalue weighted by molar-refractivity contribution is -0.122. The van der Waals surface area contributed by atoms with E-state index < -0.39 is 0 Å². The maximum absolute atomic E-state index is 11.8. The van der Waals surface area contributed by atoms with Gasteiger partial charge in [0.25, 0.3) is 0 Å². The minimum Gasteiger partial charge on any atom is -0.355 e. The number of rotatable bonds is 7. The average Bonchev–Trinajstić information content (AvgIpc) is 2.53. The van der Waals surface area contributed by atoms with Gasteiger partial charge in [0.05, 0.1) is 6.54 Å². The molecule has 1 aromatic heterocycles. The molecule has 0 aromatic carbocycles. The molecule has 0 saturated carbocycles. The molecule has 2 rings (SSSR count). The van der Waals surface area contributed by atoms with E-state index >= 15 is 0 Å². The van der Waals surface area contributed by atoms with Crippen molar-refractivity contribution in [3.05, 3.63) is 24.4 Å². The number of hydrogen-bond donors (Lipinski definition) is 2. The van der Waals surface area contributed by atoms with E-state index in [9.17, 15) is 4.79 Å². The lowest BCUT2D eigenvalue weighted by Gasteiger charge is -2.34. The van der Waals surface area contributed by atoms with Crippen molar-refractivity contribution in [2.45, 2.75) is 12.8 Å². The third-order valence-corrected chi connectivity index (χ3v) is 3.67. The van der Waals surface area contributed by atoms with Crippen molar-refractivity contribution in [3.8, 4) is 0 Å². The smallest absolute Gasteiger partial charge is 0.234 e. The van der Waals surface area contributed by atoms with Crippen LogP contribution < -0.4 is 16.0 Å². The Kier molecular flexibility index (Phi) is 6.43. The zero-order valence-corrected chi connectivity index (χ0v) is 12.5. The molecular weight excluding hydrogens is 266 g/mol. The van der Waals surface area contributed by atoms with Crippen molar-refractivity contribution in [2.75, 3.05) is 50.7 Å². The Hall–Kier alpha value is -1.66. The van der Waals surface area contributed by atoms with E-state index in [1.54, 1.807) is 0 Å². The van der Waals surface area contributed by atoms with Gasteiger partial charge < -0.3 is 16.0 Å². The van der Waals surface area contributed by atoms with Crippen LogP contribution in [0.3, 0.4) is 0 Å². The van der Waals surface area contributed by atoms with Crippen molar-refractivity contribution >= 4 is 11.7 Å². The van der Waals surface area contributed by atoms with Crippen molar-refractivity contribution < 1.29 is 4.79 Å². The molecule has 0 aliphatic carbocycles. The fraction of sp³-hybridized carbons (Fsp3) is 0.600. The Balaban J connectivity index is 1.66. The zero-order chi connectivity index (χ0) is 14.9. The van der Waals surface area contributed by atoms with Crippen LogP contribution in [0, 0.1) is 0 Å². The predicted molar refractivity (Wildman–Crippen MR) is 84.2 cm³/mol. The first-order valence-electron chi connectivity index (χ1n) is 7.64. The summed E-state index contributed by atoms with van der Waals surface area (Å²) in [5, 5.41) is 2.95. The maximum atomic E-state index is 11.8. The highest BCUT2D eigenvalue weighted by molar-refractivity contribution is 5.78. The summed E-state index contributed by atoms with van der Waals surface area (Å²) in [6.45, 7) is 5.52. The molecule has 0 atom stereocenters. The normalized spacial score (nSPS) is 16.0. The Morgan fingerprint density at radius 3 is 2.71 bits per heavy atom. The van der Waals surface area contributed by atoms with Crippen molar-refractivity contribution in [2.24, 2.45) is 5.73 Å². The first-order chi connectivity index (χ1) is 10.3. The number of aromatic nitrogens is 1. The number of nitrogens with two attached hydrogens (primary N) is 1. The summed E-state index contributed by atoms with van der Waals surface area (Å²) in [5.41, 5.74) is 5.43. The second kappa shape index (κ2) is 8.59. The molecule has 0 unspecified atom stereocenters. The molecule has 116 valence electrons. The van der Waals surface area contributed by atoms with E-state index in [0.29, 0.717) is 13.1 Å². The quantitative estimate of drug-likeness (QED) is 0.695. The van der Waals surface area contributed by atoms with Crippen LogP contribution >= 0.6 is 0 Å². The van der Waals surface area contributed by atoms with Gasteiger partial charge >= 0.3 is 0 Å². The number of carbonyl (C=O) groups excluding carboxylic acids is 1. The van der Waals surface area contributed by atoms with Gasteiger partial charge in [-0.05, 0) is 31.5 Å². The second-order valence-corrected chi connectivity index (χ2v) is 5.30. The number of amides is 1. The summed E-state index contributed by atoms with van der Waals surface area (Å²) in [4.78, 5) is 20.6. The first-order valence-corrected chi connectivity index (χ1v) is 7.64. The molecule has 1 fully saturated rings. The number of nitrogens with one attached hydrogen (secondary N) is 1. The van der Waals surface area contributed by atoms with Crippen molar-refractivity contribution in [1.29, 1.82) is 0 Å². The van der Waals surface area contributed by atoms with Gasteiger partial charge in [0.15, 0.2) is 0 Å². The van der Waals surface area contributed by atoms with Gasteiger partial charge in [-0.2, -0.15) is 0 Å². The number of hydrogen-bond acceptors (Lipinski definition) is 5. The van der Waals surface area contributed by atoms with Gasteiger partial charge in [0.2, 0.25) is 5.91 Å². The van der Waals surface area contributed by atoms with E-state index in [1.807, 2.05) is 24.4 Å². The summed E-state index contributed by atoms with van der Waals surface area (Å²) in [6, 6.07) is 5.96. The largest absolute Gasteiger partial charge is 0.355 e. The van der Waals surface area contributed by atoms with Crippen LogP contribution in [0.5, 0.6) is 0 Å². The molecule has 1 aromatic rings. The van der Waals surface area contributed by atoms with Crippen LogP contribution in [-0.2, 0) is 4.79 Å². The lowest BCUT2D eigenvalue weighted by Crippen LogP contribution is -2.49. The Morgan fingerprint density at radius 2 is 2.05 bits per heavy atom. The summed E-state index contributed by atoms with van der Waals surface area (Å²) in [7, 11) is 0. The fourth-order valence-electron chi connectivity index (χ4n) is 2.43. The molecular formula is C15H25N5O. The van der Waals surface area contributed by atoms with E-state index in [0.717, 1.165) is 51.4 Å². The molecule has 1 aliphatic heterocycles. The molecule has 0 bridgehead atoms. The first kappa shape index (κ1) is 15.7. The highest BCUT2D eigenvalue weighted by atomic mass is 16.2. The predicted octanol–water partition coefficient (Wildman–Crippen LogP) is 0.0587. The molecule has 2 heterocycles. The summed E-state index contributed by atoms with van der Waals surface area (Å²) in [5.74, 6) is 1.13. The van der Waals surface area contributed by atoms with E-state index in [2.05, 4.69) is 20.1 Å². The molecule has 21 heavy (non-hydrogen) atoms. The Labute approximate surface area is 126 Å². The highest BCUT2D eigenvalue weighted by Gasteiger charge is 2.19. The monoisotopic (exact) mass is 291 g/mol. The van der Waals surface area contributed by atoms with Gasteiger partial charge in [0.1, 0.15) is 5.82 Å². The standard InChI is InChI=1S/C15H25N5O/c16-6-2-4-8-18-15(21)13-19-9-11-20(12-10-19)14-5-1-3-7-17-14/h1,3,5,7H,2,4,6,8-13,16H2,(H,18,21). The fourth-order valence-corrected chi connectivity index (χ4v) is 2.43. The Bertz CT molecular complexity index is 417. The van der Waals surface area contributed by atoms with Gasteiger partial charge in [-0.1, -0.05) is 6.07 Å². The van der Waals surface area contributed by atoms with Crippen LogP contribution in [0.25, 0.3) is 0 Å². The van der Waals surface area contributed by atoms with Crippen LogP contribution in [0.2, 0.25) is 0 Å². The minimum atomic E-state index is 0.110. The summed E-state index contributed by atoms with van der Waals surface area (Å²) >= 11 is 0. The van der Waals surface area contributed by atoms with Gasteiger partial charge in [-0.25, -0.2) is 4.98 Å². The Morgan fingerprint density at radius 1 is 1.24 bits per heavy atom. The third kappa shape index (κ3) is 5.32. The van der Waals surface area contributed by atoms with Gasteiger partial charge in [-0.3, -0.25) is 9.69 Å². The van der Waals surface area contributed by atoms with E-state index in [4.69, 9.17) is 5.73 Å². The van der Waals surface area contributed by atoms with Gasteiger partial charge in [-0.15, -0.1) is 0 Å². The van der Waals surface area contributed by atoms with Crippen molar-refractivity contribution in [1.82, 2.24) is 15.2 Å². The molecule has 1 saturated heterocycles. The van der Waals surface area contributed by atoms with Crippen LogP contribution in [0.4, 0.5) is 5.82 Å². The number of pyridine rings is 1. The molecule has 1 aliphatic rings. The number of carbonyl (C=O) groups is 1. The van der Waals surface area contributed by atoms with E-state index in [1.165, 1.54) is 0 Å². The van der Waals surface area contributed by atoms with Crippen LogP contribution in [0.1, 0.15) is 12.8 Å².